The van der Waals surface area contributed by atoms with E-state index in [-0.39, 0.29) is 25.7 Å². The molecule has 5 aromatic carbocycles. The molecule has 3 aromatic heterocycles. The predicted molar refractivity (Wildman–Crippen MR) is 226 cm³/mol. The number of furan rings is 1. The molecule has 8 rings (SSSR count). The molecule has 0 aliphatic rings. The Balaban J connectivity index is 0.000000213. The van der Waals surface area contributed by atoms with E-state index in [0.717, 1.165) is 55.1 Å². The summed E-state index contributed by atoms with van der Waals surface area (Å²) in [6.07, 6.45) is 2.10. The number of aromatic nitrogens is 2. The molecule has 54 heavy (non-hydrogen) atoms. The molecule has 3 nitrogen and oxygen atoms in total. The van der Waals surface area contributed by atoms with Gasteiger partial charge in [-0.1, -0.05) is 142 Å². The van der Waals surface area contributed by atoms with Crippen molar-refractivity contribution in [1.82, 2.24) is 9.97 Å². The third-order valence-corrected chi connectivity index (χ3v) is 11.0. The molecular weight excluding hydrogens is 853 g/mol. The maximum atomic E-state index is 8.75. The van der Waals surface area contributed by atoms with Gasteiger partial charge in [-0.3, -0.25) is 0 Å². The Morgan fingerprint density at radius 2 is 1.41 bits per heavy atom. The normalized spacial score (nSPS) is 13.4. The van der Waals surface area contributed by atoms with E-state index in [1.54, 1.807) is 12.3 Å². The van der Waals surface area contributed by atoms with Crippen molar-refractivity contribution in [2.24, 2.45) is 5.41 Å². The van der Waals surface area contributed by atoms with Gasteiger partial charge in [0.25, 0.3) is 0 Å². The van der Waals surface area contributed by atoms with Gasteiger partial charge in [0, 0.05) is 50.3 Å². The van der Waals surface area contributed by atoms with Gasteiger partial charge in [0.15, 0.2) is 0 Å². The quantitative estimate of drug-likeness (QED) is 0.123. The second-order valence-electron chi connectivity index (χ2n) is 15.3. The smallest absolute Gasteiger partial charge is 0.121 e. The van der Waals surface area contributed by atoms with Crippen LogP contribution in [-0.2, 0) is 26.5 Å². The minimum atomic E-state index is -2.30. The summed E-state index contributed by atoms with van der Waals surface area (Å²) in [6.45, 7) is 10.3. The topological polar surface area (TPSA) is 38.9 Å². The molecule has 3 heterocycles. The summed E-state index contributed by atoms with van der Waals surface area (Å²) in [7, 11) is -1.70. The van der Waals surface area contributed by atoms with Crippen molar-refractivity contribution in [1.29, 1.82) is 0 Å². The van der Waals surface area contributed by atoms with Crippen LogP contribution in [0.25, 0.3) is 66.7 Å². The van der Waals surface area contributed by atoms with Crippen LogP contribution in [-0.4, -0.2) is 18.0 Å². The molecule has 273 valence electrons. The van der Waals surface area contributed by atoms with Gasteiger partial charge >= 0.3 is 0 Å². The first-order valence-corrected chi connectivity index (χ1v) is 21.4. The molecule has 0 fully saturated rings. The Kier molecular flexibility index (Phi) is 9.75. The minimum Gasteiger partial charge on any atom is -0.501 e. The molecule has 0 atom stereocenters. The summed E-state index contributed by atoms with van der Waals surface area (Å²) < 4.78 is 48.3. The minimum absolute atomic E-state index is 0. The molecule has 0 spiro atoms. The predicted octanol–water partition coefficient (Wildman–Crippen LogP) is 12.8. The van der Waals surface area contributed by atoms with Crippen molar-refractivity contribution in [3.05, 3.63) is 163 Å². The zero-order valence-corrected chi connectivity index (χ0v) is 34.8. The molecule has 0 unspecified atom stereocenters. The van der Waals surface area contributed by atoms with Crippen LogP contribution >= 0.6 is 0 Å². The Hall–Kier alpha value is -4.93. The van der Waals surface area contributed by atoms with E-state index < -0.39 is 26.7 Å². The molecule has 0 bridgehead atoms. The molecule has 0 aliphatic heterocycles. The molecule has 0 saturated heterocycles. The van der Waals surface area contributed by atoms with Gasteiger partial charge in [0.05, 0.1) is 13.7 Å². The number of fused-ring (bicyclic) bond motifs is 3. The maximum Gasteiger partial charge on any atom is 0.121 e. The van der Waals surface area contributed by atoms with Gasteiger partial charge in [0.1, 0.15) is 5.58 Å². The average molecular weight is 904 g/mol. The summed E-state index contributed by atoms with van der Waals surface area (Å²) in [5.41, 5.74) is 8.40. The average Bonchev–Trinajstić information content (AvgIpc) is 3.59. The number of benzene rings is 5. The molecule has 5 heteroatoms. The number of rotatable bonds is 6. The largest absolute Gasteiger partial charge is 0.501 e. The monoisotopic (exact) mass is 904 g/mol. The molecule has 1 radical (unpaired) electrons. The summed E-state index contributed by atoms with van der Waals surface area (Å²) in [5, 5.41) is 3.03. The van der Waals surface area contributed by atoms with E-state index in [1.165, 1.54) is 0 Å². The molecule has 0 amide bonds. The van der Waals surface area contributed by atoms with Gasteiger partial charge in [-0.05, 0) is 63.5 Å². The molecule has 0 N–H and O–H groups in total. The molecule has 0 aliphatic carbocycles. The van der Waals surface area contributed by atoms with Crippen LogP contribution in [0.3, 0.4) is 0 Å². The summed E-state index contributed by atoms with van der Waals surface area (Å²) in [5.74, 6) is 0. The third kappa shape index (κ3) is 8.71. The zero-order valence-electron chi connectivity index (χ0n) is 36.4. The Morgan fingerprint density at radius 1 is 0.704 bits per heavy atom. The summed E-state index contributed by atoms with van der Waals surface area (Å²) in [6, 6.07) is 47.3. The Morgan fingerprint density at radius 3 is 2.07 bits per heavy atom. The van der Waals surface area contributed by atoms with E-state index in [2.05, 4.69) is 66.0 Å². The molecule has 8 aromatic rings. The van der Waals surface area contributed by atoms with E-state index in [1.807, 2.05) is 124 Å². The first kappa shape index (κ1) is 32.5. The fourth-order valence-electron chi connectivity index (χ4n) is 6.44. The van der Waals surface area contributed by atoms with Crippen molar-refractivity contribution >= 4 is 35.2 Å². The number of nitrogens with zero attached hydrogens (tertiary/aromatic N) is 2. The van der Waals surface area contributed by atoms with Gasteiger partial charge in [-0.2, -0.15) is 0 Å². The van der Waals surface area contributed by atoms with Gasteiger partial charge in [-0.25, -0.2) is 0 Å². The fraction of sp³-hybridized carbons (Fsp3) is 0.184. The fourth-order valence-corrected chi connectivity index (χ4v) is 7.84. The standard InChI is InChI=1S/C30H20NO.C19H26NSi.Ir/c1-20-17-28(31-19-27(20)22-11-6-3-7-12-22)26-14-8-13-25-24-16-15-23(18-29(24)32-30(25)26)21-9-4-2-5-10-21;1-19(2,3)13-16-12-17(15-10-8-7-9-11-15)20-14-18(16)21(4,5)6;/h2-13,15-19H,1H3;7-10,12,14H,13H2,1-6H3;/q2*-1;/i1D3;13D2;. The Bertz CT molecular complexity index is 2710. The first-order chi connectivity index (χ1) is 27.4. The van der Waals surface area contributed by atoms with Gasteiger partial charge < -0.3 is 14.4 Å². The van der Waals surface area contributed by atoms with Crippen LogP contribution in [0.2, 0.25) is 19.6 Å². The number of hydrogen-bond acceptors (Lipinski definition) is 3. The van der Waals surface area contributed by atoms with Crippen molar-refractivity contribution < 1.29 is 31.4 Å². The van der Waals surface area contributed by atoms with E-state index >= 15 is 0 Å². The van der Waals surface area contributed by atoms with Gasteiger partial charge in [-0.15, -0.1) is 54.1 Å². The SMILES string of the molecule is [2H]C([2H])([2H])c1cc(-c2[c-]ccc3c2oc2cc(-c4ccccc4)ccc23)ncc1-c1ccccc1.[2H]C([2H])(c1cc(-c2[c-]cccc2)ncc1[Si](C)(C)C)C(C)(C)C.[Ir]. The number of aryl methyl sites for hydroxylation is 1. The van der Waals surface area contributed by atoms with Crippen molar-refractivity contribution in [2.75, 3.05) is 0 Å². The molecular formula is C49H46IrN2OSi-2. The third-order valence-electron chi connectivity index (χ3n) is 8.99. The second kappa shape index (κ2) is 16.2. The van der Waals surface area contributed by atoms with Crippen molar-refractivity contribution in [2.45, 2.75) is 53.6 Å². The number of hydrogen-bond donors (Lipinski definition) is 0. The van der Waals surface area contributed by atoms with Crippen LogP contribution in [0, 0.1) is 24.4 Å². The summed E-state index contributed by atoms with van der Waals surface area (Å²) >= 11 is 0. The number of pyridine rings is 2. The van der Waals surface area contributed by atoms with Gasteiger partial charge in [0.2, 0.25) is 0 Å². The second-order valence-corrected chi connectivity index (χ2v) is 20.3. The summed E-state index contributed by atoms with van der Waals surface area (Å²) in [4.78, 5) is 9.25. The van der Waals surface area contributed by atoms with Crippen LogP contribution in [0.15, 0.2) is 144 Å². The van der Waals surface area contributed by atoms with E-state index in [4.69, 9.17) is 11.3 Å². The van der Waals surface area contributed by atoms with Crippen LogP contribution in [0.1, 0.15) is 38.8 Å². The molecule has 0 saturated carbocycles. The maximum absolute atomic E-state index is 8.75. The van der Waals surface area contributed by atoms with Crippen molar-refractivity contribution in [3.8, 4) is 44.8 Å². The van der Waals surface area contributed by atoms with E-state index in [9.17, 15) is 0 Å². The van der Waals surface area contributed by atoms with Crippen LogP contribution < -0.4 is 5.19 Å². The van der Waals surface area contributed by atoms with E-state index in [0.29, 0.717) is 22.4 Å². The van der Waals surface area contributed by atoms with Crippen LogP contribution in [0.4, 0.5) is 0 Å². The van der Waals surface area contributed by atoms with Crippen molar-refractivity contribution in [3.63, 3.8) is 0 Å². The van der Waals surface area contributed by atoms with Crippen LogP contribution in [0.5, 0.6) is 0 Å². The first-order valence-electron chi connectivity index (χ1n) is 20.4. The zero-order chi connectivity index (χ0) is 41.5. The Labute approximate surface area is 341 Å².